The van der Waals surface area contributed by atoms with Crippen LogP contribution in [0.3, 0.4) is 0 Å². The standard InChI is InChI=1S/C16H15ClN2O5S2/c1-19-12-5-4-9(6-15(12)25-16(19)20)26(21,22)18-11-8-13(23-2)10(17)7-14(11)24-3/h4-8,18H,1-3H3. The molecule has 2 aromatic carbocycles. The summed E-state index contributed by atoms with van der Waals surface area (Å²) in [6.07, 6.45) is 0. The molecule has 0 aliphatic carbocycles. The molecule has 0 spiro atoms. The number of hydrogen-bond donors (Lipinski definition) is 1. The van der Waals surface area contributed by atoms with Crippen LogP contribution < -0.4 is 19.1 Å². The minimum Gasteiger partial charge on any atom is -0.495 e. The van der Waals surface area contributed by atoms with Gasteiger partial charge in [0.2, 0.25) is 0 Å². The van der Waals surface area contributed by atoms with Gasteiger partial charge in [-0.2, -0.15) is 0 Å². The summed E-state index contributed by atoms with van der Waals surface area (Å²) in [6.45, 7) is 0. The maximum Gasteiger partial charge on any atom is 0.307 e. The van der Waals surface area contributed by atoms with Crippen molar-refractivity contribution in [1.29, 1.82) is 0 Å². The number of rotatable bonds is 5. The Kier molecular flexibility index (Phi) is 4.87. The summed E-state index contributed by atoms with van der Waals surface area (Å²) in [5, 5.41) is 0.294. The molecule has 3 aromatic rings. The zero-order chi connectivity index (χ0) is 19.1. The molecule has 10 heteroatoms. The molecule has 7 nitrogen and oxygen atoms in total. The number of hydrogen-bond acceptors (Lipinski definition) is 6. The number of fused-ring (bicyclic) bond motifs is 1. The van der Waals surface area contributed by atoms with Gasteiger partial charge in [0.1, 0.15) is 11.5 Å². The number of anilines is 1. The van der Waals surface area contributed by atoms with Gasteiger partial charge in [0.15, 0.2) is 0 Å². The molecule has 138 valence electrons. The van der Waals surface area contributed by atoms with Crippen LogP contribution in [0.5, 0.6) is 11.5 Å². The van der Waals surface area contributed by atoms with Crippen molar-refractivity contribution < 1.29 is 17.9 Å². The Labute approximate surface area is 158 Å². The summed E-state index contributed by atoms with van der Waals surface area (Å²) in [5.41, 5.74) is 0.861. The third kappa shape index (κ3) is 3.25. The summed E-state index contributed by atoms with van der Waals surface area (Å²) in [5.74, 6) is 0.562. The number of nitrogens with one attached hydrogen (secondary N) is 1. The molecule has 0 unspecified atom stereocenters. The molecule has 1 aromatic heterocycles. The molecule has 1 heterocycles. The van der Waals surface area contributed by atoms with E-state index in [-0.39, 0.29) is 21.2 Å². The van der Waals surface area contributed by atoms with E-state index in [1.807, 2.05) is 0 Å². The summed E-state index contributed by atoms with van der Waals surface area (Å²) in [4.78, 5) is 11.6. The number of benzene rings is 2. The fraction of sp³-hybridized carbons (Fsp3) is 0.188. The average molecular weight is 415 g/mol. The van der Waals surface area contributed by atoms with Crippen LogP contribution in [0.25, 0.3) is 10.2 Å². The second-order valence-corrected chi connectivity index (χ2v) is 8.43. The fourth-order valence-electron chi connectivity index (χ4n) is 2.43. The molecule has 0 saturated carbocycles. The van der Waals surface area contributed by atoms with Crippen LogP contribution in [0.1, 0.15) is 0 Å². The largest absolute Gasteiger partial charge is 0.495 e. The van der Waals surface area contributed by atoms with E-state index in [2.05, 4.69) is 4.72 Å². The quantitative estimate of drug-likeness (QED) is 0.693. The monoisotopic (exact) mass is 414 g/mol. The molecular weight excluding hydrogens is 400 g/mol. The van der Waals surface area contributed by atoms with Crippen molar-refractivity contribution in [1.82, 2.24) is 4.57 Å². The van der Waals surface area contributed by atoms with E-state index in [1.165, 1.54) is 43.1 Å². The van der Waals surface area contributed by atoms with Gasteiger partial charge < -0.3 is 14.0 Å². The first kappa shape index (κ1) is 18.6. The first-order valence-electron chi connectivity index (χ1n) is 7.30. The van der Waals surface area contributed by atoms with Gasteiger partial charge in [-0.15, -0.1) is 0 Å². The Bertz CT molecular complexity index is 1150. The molecule has 0 atom stereocenters. The van der Waals surface area contributed by atoms with Crippen LogP contribution in [0, 0.1) is 0 Å². The lowest BCUT2D eigenvalue weighted by Crippen LogP contribution is -2.14. The Balaban J connectivity index is 2.05. The fourth-order valence-corrected chi connectivity index (χ4v) is 4.74. The predicted octanol–water partition coefficient (Wildman–Crippen LogP) is 3.07. The van der Waals surface area contributed by atoms with E-state index in [1.54, 1.807) is 13.1 Å². The number of ether oxygens (including phenoxy) is 2. The van der Waals surface area contributed by atoms with Gasteiger partial charge in [0.05, 0.1) is 40.0 Å². The third-order valence-electron chi connectivity index (χ3n) is 3.79. The van der Waals surface area contributed by atoms with E-state index < -0.39 is 10.0 Å². The van der Waals surface area contributed by atoms with Crippen molar-refractivity contribution >= 4 is 48.9 Å². The van der Waals surface area contributed by atoms with E-state index >= 15 is 0 Å². The minimum atomic E-state index is -3.91. The zero-order valence-corrected chi connectivity index (χ0v) is 16.5. The summed E-state index contributed by atoms with van der Waals surface area (Å²) in [6, 6.07) is 7.41. The van der Waals surface area contributed by atoms with Crippen LogP contribution in [0.15, 0.2) is 40.0 Å². The molecule has 1 N–H and O–H groups in total. The number of methoxy groups -OCH3 is 2. The van der Waals surface area contributed by atoms with E-state index in [0.717, 1.165) is 11.3 Å². The zero-order valence-electron chi connectivity index (χ0n) is 14.1. The number of halogens is 1. The number of sulfonamides is 1. The van der Waals surface area contributed by atoms with Gasteiger partial charge in [0, 0.05) is 19.2 Å². The highest BCUT2D eigenvalue weighted by Gasteiger charge is 2.20. The highest BCUT2D eigenvalue weighted by atomic mass is 35.5. The minimum absolute atomic E-state index is 0.0304. The van der Waals surface area contributed by atoms with Crippen LogP contribution in [-0.2, 0) is 17.1 Å². The third-order valence-corrected chi connectivity index (χ3v) is 6.45. The first-order valence-corrected chi connectivity index (χ1v) is 9.98. The van der Waals surface area contributed by atoms with Crippen molar-refractivity contribution in [3.8, 4) is 11.5 Å². The molecule has 0 fully saturated rings. The smallest absolute Gasteiger partial charge is 0.307 e. The van der Waals surface area contributed by atoms with Crippen molar-refractivity contribution in [2.24, 2.45) is 7.05 Å². The maximum absolute atomic E-state index is 12.8. The molecule has 0 radical (unpaired) electrons. The lowest BCUT2D eigenvalue weighted by atomic mass is 10.3. The SMILES string of the molecule is COc1cc(NS(=O)(=O)c2ccc3c(c2)sc(=O)n3C)c(OC)cc1Cl. The molecule has 0 aliphatic heterocycles. The Morgan fingerprint density at radius 2 is 1.81 bits per heavy atom. The van der Waals surface area contributed by atoms with Crippen LogP contribution >= 0.6 is 22.9 Å². The molecule has 0 aliphatic rings. The predicted molar refractivity (Wildman–Crippen MR) is 102 cm³/mol. The highest BCUT2D eigenvalue weighted by Crippen LogP contribution is 2.37. The van der Waals surface area contributed by atoms with Crippen molar-refractivity contribution in [2.75, 3.05) is 18.9 Å². The lowest BCUT2D eigenvalue weighted by molar-refractivity contribution is 0.405. The normalized spacial score (nSPS) is 11.5. The topological polar surface area (TPSA) is 86.6 Å². The summed E-state index contributed by atoms with van der Waals surface area (Å²) >= 11 is 7.02. The van der Waals surface area contributed by atoms with Crippen molar-refractivity contribution in [3.63, 3.8) is 0 Å². The molecule has 0 saturated heterocycles. The Morgan fingerprint density at radius 3 is 2.46 bits per heavy atom. The molecule has 3 rings (SSSR count). The van der Waals surface area contributed by atoms with Crippen molar-refractivity contribution in [2.45, 2.75) is 4.90 Å². The van der Waals surface area contributed by atoms with Gasteiger partial charge in [-0.3, -0.25) is 9.52 Å². The summed E-state index contributed by atoms with van der Waals surface area (Å²) in [7, 11) is 0.559. The Morgan fingerprint density at radius 1 is 1.12 bits per heavy atom. The lowest BCUT2D eigenvalue weighted by Gasteiger charge is -2.14. The first-order chi connectivity index (χ1) is 12.3. The van der Waals surface area contributed by atoms with E-state index in [9.17, 15) is 13.2 Å². The van der Waals surface area contributed by atoms with Gasteiger partial charge in [-0.05, 0) is 18.2 Å². The van der Waals surface area contributed by atoms with Gasteiger partial charge >= 0.3 is 4.87 Å². The summed E-state index contributed by atoms with van der Waals surface area (Å²) < 4.78 is 40.4. The second kappa shape index (κ2) is 6.82. The number of aryl methyl sites for hydroxylation is 1. The van der Waals surface area contributed by atoms with E-state index in [0.29, 0.717) is 21.0 Å². The average Bonchev–Trinajstić information content (AvgIpc) is 2.89. The van der Waals surface area contributed by atoms with Gasteiger partial charge in [-0.25, -0.2) is 8.42 Å². The highest BCUT2D eigenvalue weighted by molar-refractivity contribution is 7.92. The molecule has 0 amide bonds. The van der Waals surface area contributed by atoms with Gasteiger partial charge in [-0.1, -0.05) is 22.9 Å². The van der Waals surface area contributed by atoms with E-state index in [4.69, 9.17) is 21.1 Å². The Hall–Kier alpha value is -2.23. The number of thiazole rings is 1. The maximum atomic E-state index is 12.8. The molecule has 0 bridgehead atoms. The van der Waals surface area contributed by atoms with Crippen molar-refractivity contribution in [3.05, 3.63) is 45.0 Å². The van der Waals surface area contributed by atoms with Gasteiger partial charge in [0.25, 0.3) is 10.0 Å². The van der Waals surface area contributed by atoms with Crippen LogP contribution in [0.4, 0.5) is 5.69 Å². The molecule has 26 heavy (non-hydrogen) atoms. The van der Waals surface area contributed by atoms with Crippen LogP contribution in [-0.4, -0.2) is 27.2 Å². The molecular formula is C16H15ClN2O5S2. The van der Waals surface area contributed by atoms with Crippen LogP contribution in [0.2, 0.25) is 5.02 Å². The number of aromatic nitrogens is 1. The second-order valence-electron chi connectivity index (χ2n) is 5.35. The number of nitrogens with zero attached hydrogens (tertiary/aromatic N) is 1.